The molecule has 0 bridgehead atoms. The molecule has 2 aromatic rings. The van der Waals surface area contributed by atoms with Crippen LogP contribution in [0.15, 0.2) is 54.6 Å². The van der Waals surface area contributed by atoms with E-state index in [0.717, 1.165) is 5.56 Å². The first-order valence-corrected chi connectivity index (χ1v) is 16.3. The smallest absolute Gasteiger partial charge is 0.408 e. The first-order chi connectivity index (χ1) is 21.9. The fourth-order valence-corrected chi connectivity index (χ4v) is 5.36. The predicted molar refractivity (Wildman–Crippen MR) is 182 cm³/mol. The molecule has 5 atom stereocenters. The van der Waals surface area contributed by atoms with Crippen molar-refractivity contribution in [2.45, 2.75) is 117 Å². The summed E-state index contributed by atoms with van der Waals surface area (Å²) < 4.78 is 11.2. The van der Waals surface area contributed by atoms with Crippen molar-refractivity contribution in [1.82, 2.24) is 15.5 Å². The zero-order valence-electron chi connectivity index (χ0n) is 29.3. The normalized spacial score (nSPS) is 17.8. The highest BCUT2D eigenvalue weighted by Crippen LogP contribution is 2.41. The number of terminal acetylenes is 1. The van der Waals surface area contributed by atoms with Gasteiger partial charge in [-0.05, 0) is 89.5 Å². The average molecular weight is 646 g/mol. The van der Waals surface area contributed by atoms with Crippen LogP contribution >= 0.6 is 0 Å². The first-order valence-electron chi connectivity index (χ1n) is 16.3. The Morgan fingerprint density at radius 2 is 1.47 bits per heavy atom. The van der Waals surface area contributed by atoms with Gasteiger partial charge in [0.15, 0.2) is 0 Å². The van der Waals surface area contributed by atoms with E-state index in [0.29, 0.717) is 24.0 Å². The Morgan fingerprint density at radius 1 is 0.894 bits per heavy atom. The molecule has 9 nitrogen and oxygen atoms in total. The summed E-state index contributed by atoms with van der Waals surface area (Å²) in [4.78, 5) is 57.1. The maximum Gasteiger partial charge on any atom is 0.408 e. The molecular weight excluding hydrogens is 594 g/mol. The van der Waals surface area contributed by atoms with Crippen LogP contribution in [0, 0.1) is 24.2 Å². The highest BCUT2D eigenvalue weighted by molar-refractivity contribution is 5.94. The van der Waals surface area contributed by atoms with E-state index >= 15 is 0 Å². The third-order valence-electron chi connectivity index (χ3n) is 7.58. The number of carbonyl (C=O) groups excluding carboxylic acids is 4. The molecule has 2 N–H and O–H groups in total. The SMILES string of the molecule is C#Cc1ccc(C(C(=O)NC(Cc2ccccc2)C(=O)OC(C)(C)C)N(C(=O)C(CC(C)C)NC(=O)OC(C)(C)C)C2CC2C)cc1. The molecule has 0 saturated heterocycles. The van der Waals surface area contributed by atoms with E-state index in [4.69, 9.17) is 15.9 Å². The minimum atomic E-state index is -1.12. The number of nitrogens with one attached hydrogen (secondary N) is 2. The lowest BCUT2D eigenvalue weighted by atomic mass is 9.97. The van der Waals surface area contributed by atoms with Crippen molar-refractivity contribution >= 4 is 23.9 Å². The molecule has 0 aromatic heterocycles. The molecule has 0 radical (unpaired) electrons. The number of carbonyl (C=O) groups is 4. The summed E-state index contributed by atoms with van der Waals surface area (Å²) >= 11 is 0. The molecule has 1 fully saturated rings. The highest BCUT2D eigenvalue weighted by Gasteiger charge is 2.48. The number of esters is 1. The Hall–Kier alpha value is -4.32. The molecule has 9 heteroatoms. The summed E-state index contributed by atoms with van der Waals surface area (Å²) in [6.45, 7) is 16.5. The molecular formula is C38H51N3O6. The Kier molecular flexibility index (Phi) is 12.3. The zero-order valence-corrected chi connectivity index (χ0v) is 29.3. The zero-order chi connectivity index (χ0) is 35.1. The van der Waals surface area contributed by atoms with Crippen LogP contribution in [0.1, 0.15) is 97.9 Å². The van der Waals surface area contributed by atoms with Gasteiger partial charge in [0.2, 0.25) is 11.8 Å². The lowest BCUT2D eigenvalue weighted by Gasteiger charge is -2.36. The molecule has 2 aromatic carbocycles. The van der Waals surface area contributed by atoms with Crippen molar-refractivity contribution in [1.29, 1.82) is 0 Å². The summed E-state index contributed by atoms with van der Waals surface area (Å²) in [5.41, 5.74) is 0.421. The molecule has 5 unspecified atom stereocenters. The van der Waals surface area contributed by atoms with E-state index in [1.807, 2.05) is 51.1 Å². The molecule has 0 spiro atoms. The van der Waals surface area contributed by atoms with Gasteiger partial charge in [0.1, 0.15) is 29.3 Å². The van der Waals surface area contributed by atoms with Gasteiger partial charge in [-0.1, -0.05) is 69.2 Å². The van der Waals surface area contributed by atoms with Crippen LogP contribution in [-0.4, -0.2) is 58.1 Å². The van der Waals surface area contributed by atoms with Crippen molar-refractivity contribution in [3.8, 4) is 12.3 Å². The van der Waals surface area contributed by atoms with Gasteiger partial charge in [-0.25, -0.2) is 9.59 Å². The number of alkyl carbamates (subject to hydrolysis) is 1. The average Bonchev–Trinajstić information content (AvgIpc) is 3.68. The van der Waals surface area contributed by atoms with Gasteiger partial charge < -0.3 is 25.0 Å². The Bertz CT molecular complexity index is 1430. The van der Waals surface area contributed by atoms with E-state index in [9.17, 15) is 19.2 Å². The Labute approximate surface area is 280 Å². The monoisotopic (exact) mass is 645 g/mol. The lowest BCUT2D eigenvalue weighted by molar-refractivity contribution is -0.159. The number of amides is 3. The van der Waals surface area contributed by atoms with E-state index < -0.39 is 53.2 Å². The number of hydrogen-bond acceptors (Lipinski definition) is 6. The standard InChI is InChI=1S/C38H51N3O6/c1-11-26-17-19-28(20-18-26)32(33(42)39-30(35(44)46-37(5,6)7)23-27-15-13-12-14-16-27)41(31-22-25(31)4)34(43)29(21-24(2)3)40-36(45)47-38(8,9)10/h1,12-20,24-25,29-32H,21-23H2,2-10H3,(H,39,42)(H,40,45). The van der Waals surface area contributed by atoms with Crippen molar-refractivity contribution in [3.05, 3.63) is 71.3 Å². The minimum absolute atomic E-state index is 0.0435. The van der Waals surface area contributed by atoms with E-state index in [1.165, 1.54) is 0 Å². The Morgan fingerprint density at radius 3 is 1.96 bits per heavy atom. The largest absolute Gasteiger partial charge is 0.458 e. The van der Waals surface area contributed by atoms with Gasteiger partial charge in [0, 0.05) is 18.0 Å². The van der Waals surface area contributed by atoms with Gasteiger partial charge in [0.05, 0.1) is 0 Å². The van der Waals surface area contributed by atoms with Gasteiger partial charge in [-0.3, -0.25) is 9.59 Å². The third-order valence-corrected chi connectivity index (χ3v) is 7.58. The molecule has 3 amide bonds. The summed E-state index contributed by atoms with van der Waals surface area (Å²) in [6.07, 6.45) is 6.10. The molecule has 1 aliphatic carbocycles. The van der Waals surface area contributed by atoms with Crippen molar-refractivity contribution < 1.29 is 28.7 Å². The van der Waals surface area contributed by atoms with Crippen molar-refractivity contribution in [2.24, 2.45) is 11.8 Å². The summed E-state index contributed by atoms with van der Waals surface area (Å²) in [5.74, 6) is 1.22. The lowest BCUT2D eigenvalue weighted by Crippen LogP contribution is -2.56. The summed E-state index contributed by atoms with van der Waals surface area (Å²) in [6, 6.07) is 12.9. The molecule has 0 heterocycles. The van der Waals surface area contributed by atoms with Crippen molar-refractivity contribution in [2.75, 3.05) is 0 Å². The highest BCUT2D eigenvalue weighted by atomic mass is 16.6. The second kappa shape index (κ2) is 15.5. The molecule has 254 valence electrons. The van der Waals surface area contributed by atoms with Gasteiger partial charge in [-0.15, -0.1) is 6.42 Å². The molecule has 47 heavy (non-hydrogen) atoms. The molecule has 1 saturated carbocycles. The van der Waals surface area contributed by atoms with Crippen LogP contribution in [0.5, 0.6) is 0 Å². The van der Waals surface area contributed by atoms with Gasteiger partial charge in [0.25, 0.3) is 0 Å². The maximum atomic E-state index is 14.6. The number of benzene rings is 2. The first kappa shape index (κ1) is 37.1. The molecule has 0 aliphatic heterocycles. The summed E-state index contributed by atoms with van der Waals surface area (Å²) in [7, 11) is 0. The van der Waals surface area contributed by atoms with E-state index in [2.05, 4.69) is 16.6 Å². The van der Waals surface area contributed by atoms with Gasteiger partial charge in [-0.2, -0.15) is 0 Å². The van der Waals surface area contributed by atoms with Crippen LogP contribution in [0.4, 0.5) is 4.79 Å². The van der Waals surface area contributed by atoms with Crippen LogP contribution in [-0.2, 0) is 30.3 Å². The van der Waals surface area contributed by atoms with Crippen LogP contribution in [0.3, 0.4) is 0 Å². The minimum Gasteiger partial charge on any atom is -0.458 e. The third kappa shape index (κ3) is 11.5. The number of hydrogen-bond donors (Lipinski definition) is 2. The predicted octanol–water partition coefficient (Wildman–Crippen LogP) is 5.95. The van der Waals surface area contributed by atoms with Crippen molar-refractivity contribution in [3.63, 3.8) is 0 Å². The molecule has 1 aliphatic rings. The second-order valence-corrected chi connectivity index (χ2v) is 14.8. The van der Waals surface area contributed by atoms with Gasteiger partial charge >= 0.3 is 12.1 Å². The summed E-state index contributed by atoms with van der Waals surface area (Å²) in [5, 5.41) is 5.72. The van der Waals surface area contributed by atoms with Crippen LogP contribution in [0.25, 0.3) is 0 Å². The Balaban J connectivity index is 2.08. The number of nitrogens with zero attached hydrogens (tertiary/aromatic N) is 1. The quantitative estimate of drug-likeness (QED) is 0.218. The van der Waals surface area contributed by atoms with Crippen LogP contribution < -0.4 is 10.6 Å². The van der Waals surface area contributed by atoms with E-state index in [1.54, 1.807) is 70.7 Å². The fourth-order valence-electron chi connectivity index (χ4n) is 5.36. The maximum absolute atomic E-state index is 14.6. The second-order valence-electron chi connectivity index (χ2n) is 14.8. The number of rotatable bonds is 12. The van der Waals surface area contributed by atoms with Crippen LogP contribution in [0.2, 0.25) is 0 Å². The van der Waals surface area contributed by atoms with E-state index in [-0.39, 0.29) is 24.3 Å². The molecule has 3 rings (SSSR count). The topological polar surface area (TPSA) is 114 Å². The fraction of sp³-hybridized carbons (Fsp3) is 0.526. The number of ether oxygens (including phenoxy) is 2.